The molecule has 0 bridgehead atoms. The molecule has 1 saturated heterocycles. The van der Waals surface area contributed by atoms with E-state index in [1.165, 1.54) is 0 Å². The maximum atomic E-state index is 12.9. The number of amides is 2. The molecule has 0 spiro atoms. The number of hydrogen-bond donors (Lipinski definition) is 1. The number of carbonyl (C=O) groups is 2. The number of aromatic nitrogens is 1. The van der Waals surface area contributed by atoms with Crippen LogP contribution in [0.3, 0.4) is 0 Å². The average Bonchev–Trinajstić information content (AvgIpc) is 2.59. The molecule has 120 valence electrons. The second-order valence-electron chi connectivity index (χ2n) is 5.39. The number of ether oxygens (including phenoxy) is 1. The molecule has 1 aliphatic heterocycles. The van der Waals surface area contributed by atoms with Crippen molar-refractivity contribution in [3.05, 3.63) is 42.2 Å². The molecular formula is C17H19N3O3. The molecule has 2 aromatic rings. The van der Waals surface area contributed by atoms with E-state index in [1.54, 1.807) is 11.1 Å². The van der Waals surface area contributed by atoms with Crippen molar-refractivity contribution in [2.24, 2.45) is 0 Å². The Morgan fingerprint density at radius 1 is 1.17 bits per heavy atom. The lowest BCUT2D eigenvalue weighted by molar-refractivity contribution is -0.121. The van der Waals surface area contributed by atoms with Crippen LogP contribution in [0.2, 0.25) is 0 Å². The van der Waals surface area contributed by atoms with Crippen molar-refractivity contribution in [2.45, 2.75) is 6.42 Å². The molecule has 0 unspecified atom stereocenters. The van der Waals surface area contributed by atoms with Gasteiger partial charge < -0.3 is 15.0 Å². The van der Waals surface area contributed by atoms with Gasteiger partial charge in [-0.1, -0.05) is 24.3 Å². The highest BCUT2D eigenvalue weighted by molar-refractivity contribution is 6.05. The van der Waals surface area contributed by atoms with Crippen LogP contribution in [0.15, 0.2) is 36.5 Å². The summed E-state index contributed by atoms with van der Waals surface area (Å²) < 4.78 is 5.43. The fourth-order valence-electron chi connectivity index (χ4n) is 2.62. The predicted octanol–water partition coefficient (Wildman–Crippen LogP) is 1.21. The number of nitrogens with one attached hydrogen (secondary N) is 1. The molecule has 1 aliphatic rings. The predicted molar refractivity (Wildman–Crippen MR) is 86.1 cm³/mol. The summed E-state index contributed by atoms with van der Waals surface area (Å²) in [4.78, 5) is 30.5. The minimum Gasteiger partial charge on any atom is -0.378 e. The Morgan fingerprint density at radius 3 is 2.96 bits per heavy atom. The van der Waals surface area contributed by atoms with Gasteiger partial charge in [-0.05, 0) is 11.5 Å². The Kier molecular flexibility index (Phi) is 4.83. The molecule has 0 saturated carbocycles. The largest absolute Gasteiger partial charge is 0.378 e. The van der Waals surface area contributed by atoms with E-state index in [2.05, 4.69) is 10.3 Å². The van der Waals surface area contributed by atoms with Crippen molar-refractivity contribution in [3.8, 4) is 0 Å². The second-order valence-corrected chi connectivity index (χ2v) is 5.39. The second kappa shape index (κ2) is 7.19. The van der Waals surface area contributed by atoms with E-state index in [0.717, 1.165) is 10.8 Å². The summed E-state index contributed by atoms with van der Waals surface area (Å²) in [5, 5.41) is 4.56. The van der Waals surface area contributed by atoms with Gasteiger partial charge >= 0.3 is 0 Å². The third kappa shape index (κ3) is 3.65. The molecule has 0 atom stereocenters. The Morgan fingerprint density at radius 2 is 2.04 bits per heavy atom. The van der Waals surface area contributed by atoms with Gasteiger partial charge in [0.15, 0.2) is 0 Å². The third-order valence-electron chi connectivity index (χ3n) is 3.85. The van der Waals surface area contributed by atoms with Crippen LogP contribution >= 0.6 is 0 Å². The van der Waals surface area contributed by atoms with E-state index in [1.807, 2.05) is 30.3 Å². The third-order valence-corrected chi connectivity index (χ3v) is 3.85. The quantitative estimate of drug-likeness (QED) is 0.859. The van der Waals surface area contributed by atoms with E-state index in [-0.39, 0.29) is 18.2 Å². The lowest BCUT2D eigenvalue weighted by Gasteiger charge is -2.24. The van der Waals surface area contributed by atoms with Gasteiger partial charge in [-0.2, -0.15) is 0 Å². The number of benzene rings is 1. The molecule has 23 heavy (non-hydrogen) atoms. The zero-order chi connectivity index (χ0) is 16.1. The Labute approximate surface area is 134 Å². The van der Waals surface area contributed by atoms with Gasteiger partial charge in [0, 0.05) is 37.6 Å². The molecule has 2 heterocycles. The van der Waals surface area contributed by atoms with E-state index >= 15 is 0 Å². The zero-order valence-corrected chi connectivity index (χ0v) is 12.8. The van der Waals surface area contributed by atoms with Crippen LogP contribution in [0.4, 0.5) is 0 Å². The summed E-state index contributed by atoms with van der Waals surface area (Å²) in [7, 11) is 0. The van der Waals surface area contributed by atoms with Crippen LogP contribution in [0.25, 0.3) is 10.8 Å². The normalized spacial score (nSPS) is 16.9. The van der Waals surface area contributed by atoms with Crippen LogP contribution in [0.5, 0.6) is 0 Å². The SMILES string of the molecule is O=C1CCN(C(=O)c2nccc3ccccc23)CCOCCN1. The monoisotopic (exact) mass is 313 g/mol. The van der Waals surface area contributed by atoms with Crippen LogP contribution in [0.1, 0.15) is 16.9 Å². The molecule has 0 radical (unpaired) electrons. The first-order valence-electron chi connectivity index (χ1n) is 7.73. The maximum Gasteiger partial charge on any atom is 0.273 e. The smallest absolute Gasteiger partial charge is 0.273 e. The molecule has 1 N–H and O–H groups in total. The van der Waals surface area contributed by atoms with Gasteiger partial charge in [-0.3, -0.25) is 14.6 Å². The van der Waals surface area contributed by atoms with Crippen LogP contribution < -0.4 is 5.32 Å². The Balaban J connectivity index is 1.85. The zero-order valence-electron chi connectivity index (χ0n) is 12.8. The summed E-state index contributed by atoms with van der Waals surface area (Å²) >= 11 is 0. The molecule has 1 fully saturated rings. The van der Waals surface area contributed by atoms with Gasteiger partial charge in [0.2, 0.25) is 5.91 Å². The summed E-state index contributed by atoms with van der Waals surface area (Å²) in [5.74, 6) is -0.238. The van der Waals surface area contributed by atoms with Gasteiger partial charge in [0.25, 0.3) is 5.91 Å². The fraction of sp³-hybridized carbons (Fsp3) is 0.353. The number of nitrogens with zero attached hydrogens (tertiary/aromatic N) is 2. The summed E-state index contributed by atoms with van der Waals surface area (Å²) in [5.41, 5.74) is 0.417. The molecular weight excluding hydrogens is 294 g/mol. The Hall–Kier alpha value is -2.47. The highest BCUT2D eigenvalue weighted by Gasteiger charge is 2.20. The topological polar surface area (TPSA) is 71.5 Å². The van der Waals surface area contributed by atoms with Gasteiger partial charge in [0.1, 0.15) is 5.69 Å². The fourth-order valence-corrected chi connectivity index (χ4v) is 2.62. The molecule has 6 heteroatoms. The standard InChI is InChI=1S/C17H19N3O3/c21-15-6-9-20(10-12-23-11-8-18-15)17(22)16-14-4-2-1-3-13(14)5-7-19-16/h1-5,7H,6,8-12H2,(H,18,21). The van der Waals surface area contributed by atoms with Crippen molar-refractivity contribution in [1.82, 2.24) is 15.2 Å². The lowest BCUT2D eigenvalue weighted by atomic mass is 10.1. The number of fused-ring (bicyclic) bond motifs is 1. The van der Waals surface area contributed by atoms with Crippen molar-refractivity contribution in [3.63, 3.8) is 0 Å². The Bertz CT molecular complexity index is 712. The van der Waals surface area contributed by atoms with Crippen molar-refractivity contribution in [1.29, 1.82) is 0 Å². The molecule has 1 aromatic heterocycles. The van der Waals surface area contributed by atoms with E-state index < -0.39 is 0 Å². The van der Waals surface area contributed by atoms with E-state index in [4.69, 9.17) is 4.74 Å². The van der Waals surface area contributed by atoms with Crippen LogP contribution in [-0.4, -0.2) is 54.5 Å². The molecule has 1 aromatic carbocycles. The first kappa shape index (κ1) is 15.4. The average molecular weight is 313 g/mol. The molecule has 2 amide bonds. The van der Waals surface area contributed by atoms with Gasteiger partial charge in [0.05, 0.1) is 13.2 Å². The summed E-state index contributed by atoms with van der Waals surface area (Å²) in [6.07, 6.45) is 1.93. The maximum absolute atomic E-state index is 12.9. The number of rotatable bonds is 1. The van der Waals surface area contributed by atoms with Gasteiger partial charge in [-0.15, -0.1) is 0 Å². The first-order valence-corrected chi connectivity index (χ1v) is 7.73. The number of hydrogen-bond acceptors (Lipinski definition) is 4. The minimum atomic E-state index is -0.168. The van der Waals surface area contributed by atoms with Gasteiger partial charge in [-0.25, -0.2) is 0 Å². The minimum absolute atomic E-state index is 0.0702. The number of pyridine rings is 1. The van der Waals surface area contributed by atoms with Crippen LogP contribution in [0, 0.1) is 0 Å². The van der Waals surface area contributed by atoms with Crippen molar-refractivity contribution >= 4 is 22.6 Å². The van der Waals surface area contributed by atoms with E-state index in [0.29, 0.717) is 38.5 Å². The summed E-state index contributed by atoms with van der Waals surface area (Å²) in [6.45, 7) is 2.24. The number of carbonyl (C=O) groups excluding carboxylic acids is 2. The van der Waals surface area contributed by atoms with Crippen LogP contribution in [-0.2, 0) is 9.53 Å². The highest BCUT2D eigenvalue weighted by atomic mass is 16.5. The van der Waals surface area contributed by atoms with E-state index in [9.17, 15) is 9.59 Å². The lowest BCUT2D eigenvalue weighted by Crippen LogP contribution is -2.40. The van der Waals surface area contributed by atoms with Crippen molar-refractivity contribution < 1.29 is 14.3 Å². The molecule has 6 nitrogen and oxygen atoms in total. The first-order chi connectivity index (χ1) is 11.3. The molecule has 0 aliphatic carbocycles. The van der Waals surface area contributed by atoms with Crippen molar-refractivity contribution in [2.75, 3.05) is 32.8 Å². The summed E-state index contributed by atoms with van der Waals surface area (Å²) in [6, 6.07) is 9.54. The molecule has 3 rings (SSSR count). The highest BCUT2D eigenvalue weighted by Crippen LogP contribution is 2.18.